The molecule has 0 radical (unpaired) electrons. The molecular weight excluding hydrogens is 639 g/mol. The Morgan fingerprint density at radius 3 is 2.18 bits per heavy atom. The van der Waals surface area contributed by atoms with Gasteiger partial charge in [-0.3, -0.25) is 9.59 Å². The van der Waals surface area contributed by atoms with E-state index in [4.69, 9.17) is 32.7 Å². The van der Waals surface area contributed by atoms with Gasteiger partial charge in [-0.15, -0.1) is 0 Å². The minimum Gasteiger partial charge on any atom is -0.506 e. The SMILES string of the molecule is CCC(C(=O)Nc1cc(O)c(NC(=O)/C=C/c2ccc(Cl)c(Cl)c2)cc1Oc1ccc(OC)cc1)S(=O)(=O)c1ccc(C)cc1. The van der Waals surface area contributed by atoms with Crippen LogP contribution in [0.15, 0.2) is 89.8 Å². The molecule has 0 saturated heterocycles. The summed E-state index contributed by atoms with van der Waals surface area (Å²) in [5.41, 5.74) is 1.45. The number of carbonyl (C=O) groups is 2. The van der Waals surface area contributed by atoms with Crippen LogP contribution in [0.5, 0.6) is 23.0 Å². The molecule has 1 unspecified atom stereocenters. The van der Waals surface area contributed by atoms with Crippen LogP contribution in [0.3, 0.4) is 0 Å². The lowest BCUT2D eigenvalue weighted by Crippen LogP contribution is -2.34. The van der Waals surface area contributed by atoms with Crippen molar-refractivity contribution in [1.82, 2.24) is 0 Å². The highest BCUT2D eigenvalue weighted by Gasteiger charge is 2.33. The monoisotopic (exact) mass is 668 g/mol. The molecular formula is C33H30Cl2N2O7S. The summed E-state index contributed by atoms with van der Waals surface area (Å²) >= 11 is 12.0. The van der Waals surface area contributed by atoms with E-state index in [9.17, 15) is 23.1 Å². The number of ether oxygens (including phenoxy) is 2. The van der Waals surface area contributed by atoms with Crippen LogP contribution in [-0.2, 0) is 19.4 Å². The van der Waals surface area contributed by atoms with Gasteiger partial charge in [0.05, 0.1) is 33.4 Å². The Morgan fingerprint density at radius 1 is 0.889 bits per heavy atom. The molecule has 0 saturated carbocycles. The van der Waals surface area contributed by atoms with Gasteiger partial charge in [0, 0.05) is 18.2 Å². The quantitative estimate of drug-likeness (QED) is 0.110. The number of hydrogen-bond acceptors (Lipinski definition) is 7. The van der Waals surface area contributed by atoms with Crippen molar-refractivity contribution in [3.05, 3.63) is 106 Å². The number of carbonyl (C=O) groups excluding carboxylic acids is 2. The van der Waals surface area contributed by atoms with Crippen LogP contribution in [0.1, 0.15) is 24.5 Å². The van der Waals surface area contributed by atoms with E-state index in [0.29, 0.717) is 27.1 Å². The maximum atomic E-state index is 13.4. The molecule has 4 aromatic carbocycles. The van der Waals surface area contributed by atoms with Crippen LogP contribution < -0.4 is 20.1 Å². The number of rotatable bonds is 11. The van der Waals surface area contributed by atoms with Gasteiger partial charge in [0.1, 0.15) is 22.5 Å². The summed E-state index contributed by atoms with van der Waals surface area (Å²) < 4.78 is 37.9. The molecule has 12 heteroatoms. The van der Waals surface area contributed by atoms with Crippen LogP contribution >= 0.6 is 23.2 Å². The molecule has 2 amide bonds. The number of anilines is 2. The highest BCUT2D eigenvalue weighted by atomic mass is 35.5. The third-order valence-corrected chi connectivity index (χ3v) is 9.62. The molecule has 9 nitrogen and oxygen atoms in total. The zero-order valence-corrected chi connectivity index (χ0v) is 26.8. The largest absolute Gasteiger partial charge is 0.506 e. The molecule has 0 aliphatic rings. The number of aryl methyl sites for hydroxylation is 1. The summed E-state index contributed by atoms with van der Waals surface area (Å²) in [5, 5.41) is 15.2. The van der Waals surface area contributed by atoms with Gasteiger partial charge in [-0.05, 0) is 73.5 Å². The van der Waals surface area contributed by atoms with Crippen molar-refractivity contribution in [2.45, 2.75) is 30.4 Å². The van der Waals surface area contributed by atoms with Gasteiger partial charge in [-0.1, -0.05) is 53.9 Å². The van der Waals surface area contributed by atoms with E-state index in [0.717, 1.165) is 5.56 Å². The van der Waals surface area contributed by atoms with Crippen molar-refractivity contribution < 1.29 is 32.6 Å². The molecule has 0 aliphatic carbocycles. The molecule has 234 valence electrons. The van der Waals surface area contributed by atoms with E-state index in [2.05, 4.69) is 10.6 Å². The second-order valence-corrected chi connectivity index (χ2v) is 12.8. The van der Waals surface area contributed by atoms with Crippen LogP contribution in [0.4, 0.5) is 11.4 Å². The number of amides is 2. The number of halogens is 2. The van der Waals surface area contributed by atoms with Crippen LogP contribution in [0, 0.1) is 6.92 Å². The smallest absolute Gasteiger partial charge is 0.248 e. The lowest BCUT2D eigenvalue weighted by molar-refractivity contribution is -0.116. The van der Waals surface area contributed by atoms with Crippen molar-refractivity contribution in [2.24, 2.45) is 0 Å². The normalized spacial score (nSPS) is 12.0. The van der Waals surface area contributed by atoms with E-state index < -0.39 is 32.7 Å². The zero-order chi connectivity index (χ0) is 32.7. The number of nitrogens with one attached hydrogen (secondary N) is 2. The molecule has 0 spiro atoms. The van der Waals surface area contributed by atoms with Gasteiger partial charge < -0.3 is 25.2 Å². The first-order valence-electron chi connectivity index (χ1n) is 13.7. The van der Waals surface area contributed by atoms with Gasteiger partial charge >= 0.3 is 0 Å². The van der Waals surface area contributed by atoms with E-state index in [1.165, 1.54) is 43.5 Å². The number of hydrogen-bond donors (Lipinski definition) is 3. The average molecular weight is 670 g/mol. The topological polar surface area (TPSA) is 131 Å². The number of sulfone groups is 1. The first-order valence-corrected chi connectivity index (χ1v) is 16.0. The summed E-state index contributed by atoms with van der Waals surface area (Å²) in [7, 11) is -2.53. The lowest BCUT2D eigenvalue weighted by Gasteiger charge is -2.19. The summed E-state index contributed by atoms with van der Waals surface area (Å²) in [5.74, 6) is -0.864. The Morgan fingerprint density at radius 2 is 1.56 bits per heavy atom. The summed E-state index contributed by atoms with van der Waals surface area (Å²) in [6.07, 6.45) is 2.74. The highest BCUT2D eigenvalue weighted by Crippen LogP contribution is 2.39. The zero-order valence-electron chi connectivity index (χ0n) is 24.5. The molecule has 0 aliphatic heterocycles. The molecule has 0 heterocycles. The number of aromatic hydroxyl groups is 1. The van der Waals surface area contributed by atoms with E-state index in [-0.39, 0.29) is 28.4 Å². The third-order valence-electron chi connectivity index (χ3n) is 6.66. The maximum absolute atomic E-state index is 13.4. The molecule has 0 fully saturated rings. The van der Waals surface area contributed by atoms with E-state index in [1.54, 1.807) is 61.5 Å². The van der Waals surface area contributed by atoms with E-state index in [1.807, 2.05) is 6.92 Å². The minimum atomic E-state index is -4.04. The molecule has 4 rings (SSSR count). The first-order chi connectivity index (χ1) is 21.4. The highest BCUT2D eigenvalue weighted by molar-refractivity contribution is 7.92. The van der Waals surface area contributed by atoms with Gasteiger partial charge in [-0.25, -0.2) is 8.42 Å². The van der Waals surface area contributed by atoms with Gasteiger partial charge in [0.25, 0.3) is 0 Å². The predicted molar refractivity (Wildman–Crippen MR) is 176 cm³/mol. The van der Waals surface area contributed by atoms with Crippen LogP contribution in [-0.4, -0.2) is 37.7 Å². The van der Waals surface area contributed by atoms with Crippen molar-refractivity contribution in [1.29, 1.82) is 0 Å². The number of phenolic OH excluding ortho intramolecular Hbond substituents is 1. The molecule has 0 bridgehead atoms. The van der Waals surface area contributed by atoms with Crippen molar-refractivity contribution in [3.63, 3.8) is 0 Å². The second kappa shape index (κ2) is 14.5. The predicted octanol–water partition coefficient (Wildman–Crippen LogP) is 7.65. The maximum Gasteiger partial charge on any atom is 0.248 e. The lowest BCUT2D eigenvalue weighted by atomic mass is 10.2. The van der Waals surface area contributed by atoms with Crippen molar-refractivity contribution in [2.75, 3.05) is 17.7 Å². The number of phenols is 1. The average Bonchev–Trinajstić information content (AvgIpc) is 3.00. The summed E-state index contributed by atoms with van der Waals surface area (Å²) in [6.45, 7) is 3.42. The Hall–Kier alpha value is -4.51. The molecule has 4 aromatic rings. The standard InChI is InChI=1S/C33H30Cl2N2O7S/c1-4-31(45(41,42)24-13-5-20(2)6-14-24)33(40)37-28-18-29(38)27(19-30(28)44-23-11-9-22(43-3)10-12-23)36-32(39)16-8-21-7-15-25(34)26(35)17-21/h5-19,31,38H,4H2,1-3H3,(H,36,39)(H,37,40)/b16-8+. The second-order valence-electron chi connectivity index (χ2n) is 9.88. The molecule has 1 atom stereocenters. The molecule has 45 heavy (non-hydrogen) atoms. The Balaban J connectivity index is 1.64. The van der Waals surface area contributed by atoms with E-state index >= 15 is 0 Å². The Labute approximate surface area is 271 Å². The fourth-order valence-electron chi connectivity index (χ4n) is 4.23. The summed E-state index contributed by atoms with van der Waals surface area (Å²) in [4.78, 5) is 26.2. The van der Waals surface area contributed by atoms with Crippen LogP contribution in [0.25, 0.3) is 6.08 Å². The third kappa shape index (κ3) is 8.36. The first kappa shape index (κ1) is 33.4. The molecule has 0 aromatic heterocycles. The number of methoxy groups -OCH3 is 1. The Bertz CT molecular complexity index is 1840. The number of benzene rings is 4. The minimum absolute atomic E-state index is 0.0119. The summed E-state index contributed by atoms with van der Waals surface area (Å²) in [6, 6.07) is 20.1. The van der Waals surface area contributed by atoms with Crippen LogP contribution in [0.2, 0.25) is 10.0 Å². The van der Waals surface area contributed by atoms with Crippen molar-refractivity contribution >= 4 is 62.3 Å². The fourth-order valence-corrected chi connectivity index (χ4v) is 6.16. The molecule has 3 N–H and O–H groups in total. The van der Waals surface area contributed by atoms with Crippen molar-refractivity contribution in [3.8, 4) is 23.0 Å². The van der Waals surface area contributed by atoms with Gasteiger partial charge in [0.15, 0.2) is 15.6 Å². The van der Waals surface area contributed by atoms with Gasteiger partial charge in [-0.2, -0.15) is 0 Å². The fraction of sp³-hybridized carbons (Fsp3) is 0.152. The Kier molecular flexibility index (Phi) is 10.8. The van der Waals surface area contributed by atoms with Gasteiger partial charge in [0.2, 0.25) is 11.8 Å².